The highest BCUT2D eigenvalue weighted by Gasteiger charge is 2.20. The molecule has 0 heterocycles. The summed E-state index contributed by atoms with van der Waals surface area (Å²) < 4.78 is 0. The Morgan fingerprint density at radius 2 is 2.25 bits per heavy atom. The van der Waals surface area contributed by atoms with Gasteiger partial charge in [0, 0.05) is 18.2 Å². The molecule has 20 heavy (non-hydrogen) atoms. The summed E-state index contributed by atoms with van der Waals surface area (Å²) in [4.78, 5) is 10.6. The van der Waals surface area contributed by atoms with Crippen molar-refractivity contribution in [1.29, 1.82) is 0 Å². The highest BCUT2D eigenvalue weighted by Crippen LogP contribution is 2.24. The molecule has 1 saturated carbocycles. The van der Waals surface area contributed by atoms with Crippen LogP contribution in [-0.4, -0.2) is 22.7 Å². The van der Waals surface area contributed by atoms with Gasteiger partial charge in [-0.15, -0.1) is 0 Å². The molecule has 1 aromatic rings. The van der Waals surface area contributed by atoms with Crippen molar-refractivity contribution in [3.05, 3.63) is 39.4 Å². The van der Waals surface area contributed by atoms with Gasteiger partial charge in [0.1, 0.15) is 0 Å². The van der Waals surface area contributed by atoms with Crippen molar-refractivity contribution in [3.63, 3.8) is 0 Å². The zero-order chi connectivity index (χ0) is 14.5. The van der Waals surface area contributed by atoms with Gasteiger partial charge in [0.15, 0.2) is 0 Å². The molecule has 1 fully saturated rings. The van der Waals surface area contributed by atoms with Crippen molar-refractivity contribution in [2.45, 2.75) is 45.3 Å². The monoisotopic (exact) mass is 278 g/mol. The van der Waals surface area contributed by atoms with Crippen LogP contribution in [0.5, 0.6) is 0 Å². The van der Waals surface area contributed by atoms with E-state index in [-0.39, 0.29) is 16.7 Å². The summed E-state index contributed by atoms with van der Waals surface area (Å²) in [5.41, 5.74) is 1.88. The summed E-state index contributed by atoms with van der Waals surface area (Å²) >= 11 is 0. The average Bonchev–Trinajstić information content (AvgIpc) is 2.40. The van der Waals surface area contributed by atoms with Crippen LogP contribution < -0.4 is 5.32 Å². The molecule has 1 aromatic carbocycles. The first-order valence-electron chi connectivity index (χ1n) is 7.19. The SMILES string of the molecule is Cc1c(CNCC2CCCC(O)C2)cccc1[N+](=O)[O-]. The van der Waals surface area contributed by atoms with E-state index in [0.717, 1.165) is 43.4 Å². The third-order valence-electron chi connectivity index (χ3n) is 4.12. The molecule has 2 unspecified atom stereocenters. The van der Waals surface area contributed by atoms with Crippen LogP contribution in [0, 0.1) is 23.0 Å². The van der Waals surface area contributed by atoms with E-state index in [4.69, 9.17) is 0 Å². The minimum atomic E-state index is -0.337. The van der Waals surface area contributed by atoms with E-state index >= 15 is 0 Å². The van der Waals surface area contributed by atoms with E-state index in [9.17, 15) is 15.2 Å². The number of nitro benzene ring substituents is 1. The Morgan fingerprint density at radius 3 is 2.95 bits per heavy atom. The number of rotatable bonds is 5. The first kappa shape index (κ1) is 14.9. The van der Waals surface area contributed by atoms with Gasteiger partial charge in [0.2, 0.25) is 0 Å². The Balaban J connectivity index is 1.88. The lowest BCUT2D eigenvalue weighted by Crippen LogP contribution is -2.29. The van der Waals surface area contributed by atoms with Crippen LogP contribution >= 0.6 is 0 Å². The number of hydrogen-bond donors (Lipinski definition) is 2. The maximum absolute atomic E-state index is 10.9. The average molecular weight is 278 g/mol. The molecule has 0 saturated heterocycles. The molecule has 1 aliphatic carbocycles. The minimum absolute atomic E-state index is 0.157. The van der Waals surface area contributed by atoms with Gasteiger partial charge in [0.05, 0.1) is 11.0 Å². The third kappa shape index (κ3) is 3.77. The molecule has 0 radical (unpaired) electrons. The van der Waals surface area contributed by atoms with Crippen LogP contribution in [0.4, 0.5) is 5.69 Å². The van der Waals surface area contributed by atoms with Crippen LogP contribution in [0.3, 0.4) is 0 Å². The van der Waals surface area contributed by atoms with Gasteiger partial charge in [-0.1, -0.05) is 18.6 Å². The van der Waals surface area contributed by atoms with Crippen LogP contribution in [0.25, 0.3) is 0 Å². The van der Waals surface area contributed by atoms with Gasteiger partial charge in [-0.25, -0.2) is 0 Å². The van der Waals surface area contributed by atoms with Crippen molar-refractivity contribution < 1.29 is 10.0 Å². The summed E-state index contributed by atoms with van der Waals surface area (Å²) in [6.45, 7) is 3.29. The van der Waals surface area contributed by atoms with Crippen LogP contribution in [0.2, 0.25) is 0 Å². The van der Waals surface area contributed by atoms with E-state index in [1.807, 2.05) is 6.07 Å². The van der Waals surface area contributed by atoms with E-state index in [1.54, 1.807) is 13.0 Å². The topological polar surface area (TPSA) is 75.4 Å². The Morgan fingerprint density at radius 1 is 1.45 bits per heavy atom. The van der Waals surface area contributed by atoms with Gasteiger partial charge < -0.3 is 10.4 Å². The summed E-state index contributed by atoms with van der Waals surface area (Å²) in [6.07, 6.45) is 3.86. The van der Waals surface area contributed by atoms with E-state index < -0.39 is 0 Å². The number of nitrogens with zero attached hydrogens (tertiary/aromatic N) is 1. The molecular formula is C15H22N2O3. The van der Waals surface area contributed by atoms with E-state index in [1.165, 1.54) is 6.07 Å². The molecule has 0 spiro atoms. The summed E-state index contributed by atoms with van der Waals surface area (Å²) in [7, 11) is 0. The molecule has 0 aromatic heterocycles. The van der Waals surface area contributed by atoms with Gasteiger partial charge in [0.25, 0.3) is 5.69 Å². The van der Waals surface area contributed by atoms with Crippen molar-refractivity contribution in [3.8, 4) is 0 Å². The molecule has 0 bridgehead atoms. The fourth-order valence-corrected chi connectivity index (χ4v) is 2.92. The highest BCUT2D eigenvalue weighted by molar-refractivity contribution is 5.44. The Labute approximate surface area is 119 Å². The van der Waals surface area contributed by atoms with Crippen LogP contribution in [0.15, 0.2) is 18.2 Å². The Bertz CT molecular complexity index is 476. The van der Waals surface area contributed by atoms with Crippen molar-refractivity contribution in [2.75, 3.05) is 6.54 Å². The number of hydrogen-bond acceptors (Lipinski definition) is 4. The summed E-state index contributed by atoms with van der Waals surface area (Å²) in [6, 6.07) is 5.19. The number of nitrogens with one attached hydrogen (secondary N) is 1. The maximum atomic E-state index is 10.9. The van der Waals surface area contributed by atoms with Crippen molar-refractivity contribution in [2.24, 2.45) is 5.92 Å². The lowest BCUT2D eigenvalue weighted by atomic mass is 9.87. The molecule has 0 amide bonds. The Hall–Kier alpha value is -1.46. The van der Waals surface area contributed by atoms with Gasteiger partial charge in [-0.05, 0) is 44.2 Å². The van der Waals surface area contributed by atoms with Gasteiger partial charge in [-0.2, -0.15) is 0 Å². The molecular weight excluding hydrogens is 256 g/mol. The quantitative estimate of drug-likeness (QED) is 0.641. The predicted molar refractivity (Wildman–Crippen MR) is 77.5 cm³/mol. The number of aliphatic hydroxyl groups excluding tert-OH is 1. The number of aliphatic hydroxyl groups is 1. The van der Waals surface area contributed by atoms with Gasteiger partial charge >= 0.3 is 0 Å². The molecule has 5 nitrogen and oxygen atoms in total. The number of nitro groups is 1. The second-order valence-corrected chi connectivity index (χ2v) is 5.64. The molecule has 2 atom stereocenters. The normalized spacial score (nSPS) is 22.7. The minimum Gasteiger partial charge on any atom is -0.393 e. The fraction of sp³-hybridized carbons (Fsp3) is 0.600. The predicted octanol–water partition coefficient (Wildman–Crippen LogP) is 2.54. The van der Waals surface area contributed by atoms with Crippen molar-refractivity contribution in [1.82, 2.24) is 5.32 Å². The summed E-state index contributed by atoms with van der Waals surface area (Å²) in [5.74, 6) is 0.512. The van der Waals surface area contributed by atoms with Crippen LogP contribution in [0.1, 0.15) is 36.8 Å². The third-order valence-corrected chi connectivity index (χ3v) is 4.12. The summed E-state index contributed by atoms with van der Waals surface area (Å²) in [5, 5.41) is 23.9. The molecule has 2 N–H and O–H groups in total. The zero-order valence-corrected chi connectivity index (χ0v) is 11.8. The second-order valence-electron chi connectivity index (χ2n) is 5.64. The first-order valence-corrected chi connectivity index (χ1v) is 7.19. The van der Waals surface area contributed by atoms with E-state index in [2.05, 4.69) is 5.32 Å². The van der Waals surface area contributed by atoms with Gasteiger partial charge in [-0.3, -0.25) is 10.1 Å². The Kier molecular flexibility index (Phi) is 5.09. The molecule has 0 aliphatic heterocycles. The second kappa shape index (κ2) is 6.81. The molecule has 1 aliphatic rings. The standard InChI is InChI=1S/C15H22N2O3/c1-11-13(5-3-7-15(11)17(19)20)10-16-9-12-4-2-6-14(18)8-12/h3,5,7,12,14,16,18H,2,4,6,8-10H2,1H3. The highest BCUT2D eigenvalue weighted by atomic mass is 16.6. The first-order chi connectivity index (χ1) is 9.58. The maximum Gasteiger partial charge on any atom is 0.272 e. The van der Waals surface area contributed by atoms with Crippen LogP contribution in [-0.2, 0) is 6.54 Å². The fourth-order valence-electron chi connectivity index (χ4n) is 2.92. The molecule has 110 valence electrons. The number of benzene rings is 1. The molecule has 5 heteroatoms. The largest absolute Gasteiger partial charge is 0.393 e. The lowest BCUT2D eigenvalue weighted by molar-refractivity contribution is -0.385. The zero-order valence-electron chi connectivity index (χ0n) is 11.8. The molecule has 2 rings (SSSR count). The smallest absolute Gasteiger partial charge is 0.272 e. The van der Waals surface area contributed by atoms with E-state index in [0.29, 0.717) is 12.5 Å². The lowest BCUT2D eigenvalue weighted by Gasteiger charge is -2.26. The van der Waals surface area contributed by atoms with Crippen molar-refractivity contribution >= 4 is 5.69 Å².